The molecule has 0 aromatic heterocycles. The van der Waals surface area contributed by atoms with Crippen molar-refractivity contribution in [3.8, 4) is 0 Å². The van der Waals surface area contributed by atoms with Crippen LogP contribution in [0.1, 0.15) is 70.6 Å². The summed E-state index contributed by atoms with van der Waals surface area (Å²) >= 11 is 0. The van der Waals surface area contributed by atoms with E-state index in [1.165, 1.54) is 70.6 Å². The quantitative estimate of drug-likeness (QED) is 0.214. The van der Waals surface area contributed by atoms with Gasteiger partial charge in [0.1, 0.15) is 0 Å². The summed E-state index contributed by atoms with van der Waals surface area (Å²) in [7, 11) is -3.43. The molecule has 4 aliphatic carbocycles. The van der Waals surface area contributed by atoms with E-state index in [2.05, 4.69) is 114 Å². The predicted octanol–water partition coefficient (Wildman–Crippen LogP) is 12.2. The molecule has 2 fully saturated rings. The van der Waals surface area contributed by atoms with E-state index in [9.17, 15) is 0 Å². The molecular formula is C36H67NSi3Ti. The van der Waals surface area contributed by atoms with Crippen molar-refractivity contribution in [2.24, 2.45) is 23.7 Å². The molecule has 41 heavy (non-hydrogen) atoms. The van der Waals surface area contributed by atoms with E-state index < -0.39 is 24.4 Å². The van der Waals surface area contributed by atoms with E-state index in [1.807, 2.05) is 0 Å². The Kier molecular flexibility index (Phi) is 19.8. The maximum atomic E-state index is 5.78. The molecule has 0 bridgehead atoms. The summed E-state index contributed by atoms with van der Waals surface area (Å²) in [6, 6.07) is 0.625. The van der Waals surface area contributed by atoms with Crippen LogP contribution in [0.5, 0.6) is 0 Å². The molecule has 4 unspecified atom stereocenters. The van der Waals surface area contributed by atoms with Gasteiger partial charge in [0.2, 0.25) is 0 Å². The molecule has 0 amide bonds. The topological polar surface area (TPSA) is 14.1 Å². The first-order chi connectivity index (χ1) is 18.2. The van der Waals surface area contributed by atoms with E-state index >= 15 is 0 Å². The molecule has 4 rings (SSSR count). The Balaban J connectivity index is 0.00000116. The molecular weight excluding hydrogens is 579 g/mol. The molecule has 2 saturated carbocycles. The van der Waals surface area contributed by atoms with Gasteiger partial charge < -0.3 is 25.5 Å². The Morgan fingerprint density at radius 1 is 0.512 bits per heavy atom. The molecule has 0 aliphatic heterocycles. The van der Waals surface area contributed by atoms with Gasteiger partial charge in [-0.1, -0.05) is 185 Å². The molecule has 1 nitrogen and oxygen atoms in total. The minimum absolute atomic E-state index is 0. The minimum Gasteiger partial charge on any atom is -0.662 e. The number of hydrogen-bond acceptors (Lipinski definition) is 0. The van der Waals surface area contributed by atoms with Crippen LogP contribution in [0.2, 0.25) is 57.9 Å². The molecule has 232 valence electrons. The van der Waals surface area contributed by atoms with Gasteiger partial charge in [-0.15, -0.1) is 22.2 Å². The standard InChI is InChI=1S/C27H42NSi.2C4H11Si.CH3.Ti/c1-29(2,28-22-16-10-8-6-4-3-5-7-9-11-17-22)27-25-20-14-12-18-23(25)24-19-13-15-21-26(24)27;2*1-5(2,3)4;;/h12-15,18-27H,3-11,16-17H2,1-2H3;2*1H2,2-4H3;1H3;/q4*-1;+4. The summed E-state index contributed by atoms with van der Waals surface area (Å²) in [5.74, 6) is 2.77. The third-order valence-electron chi connectivity index (χ3n) is 8.12. The average Bonchev–Trinajstić information content (AvgIpc) is 3.14. The third-order valence-corrected chi connectivity index (χ3v) is 11.6. The van der Waals surface area contributed by atoms with Crippen LogP contribution in [0.15, 0.2) is 48.6 Å². The first-order valence-corrected chi connectivity index (χ1v) is 26.7. The van der Waals surface area contributed by atoms with Crippen molar-refractivity contribution in [2.75, 3.05) is 0 Å². The summed E-state index contributed by atoms with van der Waals surface area (Å²) in [4.78, 5) is 5.78. The fourth-order valence-corrected chi connectivity index (χ4v) is 10.7. The average molecular weight is 646 g/mol. The van der Waals surface area contributed by atoms with Crippen molar-refractivity contribution in [3.05, 3.63) is 74.1 Å². The Morgan fingerprint density at radius 2 is 0.780 bits per heavy atom. The normalized spacial score (nSPS) is 28.6. The van der Waals surface area contributed by atoms with Crippen LogP contribution in [-0.2, 0) is 21.7 Å². The zero-order chi connectivity index (χ0) is 29.1. The Hall–Kier alpha value is 0.285. The van der Waals surface area contributed by atoms with Crippen molar-refractivity contribution in [3.63, 3.8) is 0 Å². The molecule has 0 N–H and O–H groups in total. The molecule has 0 heterocycles. The molecule has 0 aromatic rings. The number of fused-ring (bicyclic) bond motifs is 3. The van der Waals surface area contributed by atoms with Crippen molar-refractivity contribution in [1.82, 2.24) is 0 Å². The second-order valence-electron chi connectivity index (χ2n) is 15.7. The van der Waals surface area contributed by atoms with E-state index in [1.54, 1.807) is 0 Å². The summed E-state index contributed by atoms with van der Waals surface area (Å²) in [6.07, 6.45) is 34.8. The number of nitrogens with zero attached hydrogens (tertiary/aromatic N) is 1. The molecule has 0 spiro atoms. The van der Waals surface area contributed by atoms with Crippen LogP contribution in [0.25, 0.3) is 4.98 Å². The zero-order valence-electron chi connectivity index (χ0n) is 28.7. The van der Waals surface area contributed by atoms with Gasteiger partial charge in [-0.2, -0.15) is 0 Å². The van der Waals surface area contributed by atoms with Crippen LogP contribution < -0.4 is 0 Å². The van der Waals surface area contributed by atoms with E-state index in [0.717, 1.165) is 5.54 Å². The fraction of sp³-hybridized carbons (Fsp3) is 0.694. The number of allylic oxidation sites excluding steroid dienone is 8. The van der Waals surface area contributed by atoms with Gasteiger partial charge in [-0.05, 0) is 23.7 Å². The van der Waals surface area contributed by atoms with Crippen LogP contribution in [0, 0.1) is 44.2 Å². The molecule has 4 atom stereocenters. The second kappa shape index (κ2) is 19.6. The number of rotatable bonds is 3. The molecule has 4 aliphatic rings. The number of hydrogen-bond donors (Lipinski definition) is 0. The first kappa shape index (κ1) is 41.3. The van der Waals surface area contributed by atoms with E-state index in [-0.39, 0.29) is 29.1 Å². The minimum atomic E-state index is -1.71. The fourth-order valence-electron chi connectivity index (χ4n) is 6.80. The van der Waals surface area contributed by atoms with Crippen LogP contribution >= 0.6 is 0 Å². The summed E-state index contributed by atoms with van der Waals surface area (Å²) in [5.41, 5.74) is 0.751. The molecule has 0 radical (unpaired) electrons. The van der Waals surface area contributed by atoms with Gasteiger partial charge in [0.15, 0.2) is 0 Å². The van der Waals surface area contributed by atoms with Gasteiger partial charge in [-0.25, -0.2) is 0 Å². The van der Waals surface area contributed by atoms with Gasteiger partial charge in [0, 0.05) is 0 Å². The van der Waals surface area contributed by atoms with Crippen LogP contribution in [0.4, 0.5) is 0 Å². The van der Waals surface area contributed by atoms with Crippen molar-refractivity contribution < 1.29 is 21.7 Å². The van der Waals surface area contributed by atoms with Gasteiger partial charge in [-0.3, -0.25) is 0 Å². The smallest absolute Gasteiger partial charge is 0.662 e. The summed E-state index contributed by atoms with van der Waals surface area (Å²) in [5, 5.41) is 0. The second-order valence-corrected chi connectivity index (χ2v) is 30.2. The van der Waals surface area contributed by atoms with Gasteiger partial charge in [0.25, 0.3) is 0 Å². The predicted molar refractivity (Wildman–Crippen MR) is 194 cm³/mol. The largest absolute Gasteiger partial charge is 4.00 e. The maximum Gasteiger partial charge on any atom is 4.00 e. The summed E-state index contributed by atoms with van der Waals surface area (Å²) in [6.45, 7) is 26.3. The van der Waals surface area contributed by atoms with Gasteiger partial charge >= 0.3 is 21.7 Å². The molecule has 0 aromatic carbocycles. The SMILES string of the molecule is C[Si](C)([N-]C1CCCCCCCCCCC1)C1C2C=CC=CC2C2C=CC=CC21.[CH2-][Si](C)(C)C.[CH2-][Si](C)(C)C.[CH3-].[Ti+4]. The molecule has 5 heteroatoms. The van der Waals surface area contributed by atoms with E-state index in [0.29, 0.717) is 29.7 Å². The van der Waals surface area contributed by atoms with E-state index in [4.69, 9.17) is 4.98 Å². The van der Waals surface area contributed by atoms with Crippen LogP contribution in [-0.4, -0.2) is 30.4 Å². The third kappa shape index (κ3) is 16.8. The van der Waals surface area contributed by atoms with Crippen molar-refractivity contribution in [2.45, 2.75) is 135 Å². The Labute approximate surface area is 277 Å². The van der Waals surface area contributed by atoms with Crippen molar-refractivity contribution in [1.29, 1.82) is 0 Å². The maximum absolute atomic E-state index is 5.78. The Bertz CT molecular complexity index is 748. The Morgan fingerprint density at radius 3 is 1.10 bits per heavy atom. The molecule has 0 saturated heterocycles. The van der Waals surface area contributed by atoms with Gasteiger partial charge in [0.05, 0.1) is 0 Å². The van der Waals surface area contributed by atoms with Crippen LogP contribution in [0.3, 0.4) is 0 Å². The van der Waals surface area contributed by atoms with Crippen molar-refractivity contribution >= 4 is 24.4 Å². The summed E-state index contributed by atoms with van der Waals surface area (Å²) < 4.78 is 0. The zero-order valence-corrected chi connectivity index (χ0v) is 33.3. The first-order valence-electron chi connectivity index (χ1n) is 16.3. The monoisotopic (exact) mass is 645 g/mol.